The molecule has 0 spiro atoms. The maximum Gasteiger partial charge on any atom is 1.00 e. The van der Waals surface area contributed by atoms with Crippen LogP contribution in [0.1, 0.15) is 0 Å². The fourth-order valence-electron chi connectivity index (χ4n) is 0. The Kier molecular flexibility index (Phi) is 22.7. The molecule has 0 N–H and O–H groups in total. The minimum atomic E-state index is -4.94. The summed E-state index contributed by atoms with van der Waals surface area (Å²) in [6.07, 6.45) is 0. The van der Waals surface area contributed by atoms with E-state index in [1.54, 1.807) is 0 Å². The Labute approximate surface area is 157 Å². The van der Waals surface area contributed by atoms with Crippen LogP contribution in [-0.4, -0.2) is 0 Å². The van der Waals surface area contributed by atoms with Crippen molar-refractivity contribution in [2.24, 2.45) is 0 Å². The van der Waals surface area contributed by atoms with Crippen molar-refractivity contribution >= 4 is 0 Å². The van der Waals surface area contributed by atoms with E-state index >= 15 is 0 Å². The van der Waals surface area contributed by atoms with Gasteiger partial charge in [0.1, 0.15) is 0 Å². The minimum Gasteiger partial charge on any atom is -0.222 e. The zero-order valence-corrected chi connectivity index (χ0v) is 13.8. The van der Waals surface area contributed by atoms with Gasteiger partial charge in [-0.15, -0.1) is 20.5 Å². The van der Waals surface area contributed by atoms with Crippen LogP contribution in [0.4, 0.5) is 0 Å². The standard InChI is InChI=1S/2ClHO4.2K/c2*2-1(3,4)5;;/h2*(H,2,3,4,5);;/q;;2*+1/p-2. The molecule has 0 radical (unpaired) electrons. The van der Waals surface area contributed by atoms with Gasteiger partial charge in [-0.2, -0.15) is 0 Å². The maximum atomic E-state index is 8.49. The molecule has 0 aromatic rings. The largest absolute Gasteiger partial charge is 1.00 e. The minimum absolute atomic E-state index is 0. The van der Waals surface area contributed by atoms with Crippen LogP contribution in [0.3, 0.4) is 0 Å². The van der Waals surface area contributed by atoms with Crippen LogP contribution in [0.2, 0.25) is 0 Å². The van der Waals surface area contributed by atoms with Gasteiger partial charge in [-0.25, -0.2) is 37.3 Å². The Balaban J connectivity index is -0.0000000457. The second-order valence-corrected chi connectivity index (χ2v) is 2.27. The molecule has 0 bridgehead atoms. The first-order chi connectivity index (χ1) is 4.00. The second kappa shape index (κ2) is 11.0. The van der Waals surface area contributed by atoms with E-state index < -0.39 is 20.5 Å². The van der Waals surface area contributed by atoms with Gasteiger partial charge < -0.3 is 0 Å². The van der Waals surface area contributed by atoms with Crippen LogP contribution in [0.5, 0.6) is 0 Å². The predicted octanol–water partition coefficient (Wildman–Crippen LogP) is -15.5. The summed E-state index contributed by atoms with van der Waals surface area (Å²) in [5.74, 6) is 0. The van der Waals surface area contributed by atoms with Crippen LogP contribution in [-0.2, 0) is 0 Å². The van der Waals surface area contributed by atoms with Gasteiger partial charge >= 0.3 is 103 Å². The molecular formula is Cl2K2O8. The summed E-state index contributed by atoms with van der Waals surface area (Å²) in [7, 11) is -9.89. The third-order valence-corrected chi connectivity index (χ3v) is 0. The SMILES string of the molecule is [K+].[K+].[O-][Cl+3]([O-])([O-])[O-].[O-][Cl+3]([O-])([O-])[O-]. The first kappa shape index (κ1) is 24.7. The van der Waals surface area contributed by atoms with Crippen molar-refractivity contribution in [2.45, 2.75) is 0 Å². The van der Waals surface area contributed by atoms with Crippen molar-refractivity contribution in [3.63, 3.8) is 0 Å². The molecule has 0 fully saturated rings. The van der Waals surface area contributed by atoms with Gasteiger partial charge in [-0.05, 0) is 0 Å². The third-order valence-electron chi connectivity index (χ3n) is 0. The summed E-state index contributed by atoms with van der Waals surface area (Å²) in [5.41, 5.74) is 0. The molecule has 0 aliphatic heterocycles. The van der Waals surface area contributed by atoms with Crippen LogP contribution in [0.25, 0.3) is 0 Å². The van der Waals surface area contributed by atoms with Crippen LogP contribution in [0, 0.1) is 20.5 Å². The van der Waals surface area contributed by atoms with E-state index in [9.17, 15) is 0 Å². The van der Waals surface area contributed by atoms with Crippen LogP contribution >= 0.6 is 0 Å². The van der Waals surface area contributed by atoms with E-state index in [2.05, 4.69) is 0 Å². The van der Waals surface area contributed by atoms with E-state index in [1.165, 1.54) is 0 Å². The summed E-state index contributed by atoms with van der Waals surface area (Å²) in [6, 6.07) is 0. The topological polar surface area (TPSA) is 184 Å². The molecular weight excluding hydrogens is 277 g/mol. The van der Waals surface area contributed by atoms with Crippen molar-refractivity contribution in [3.05, 3.63) is 0 Å². The Morgan fingerprint density at radius 2 is 0.417 bits per heavy atom. The van der Waals surface area contributed by atoms with Gasteiger partial charge in [-0.1, -0.05) is 0 Å². The summed E-state index contributed by atoms with van der Waals surface area (Å²) in [5, 5.41) is 0. The zero-order chi connectivity index (χ0) is 9.00. The average molecular weight is 277 g/mol. The van der Waals surface area contributed by atoms with Crippen molar-refractivity contribution in [2.75, 3.05) is 0 Å². The zero-order valence-electron chi connectivity index (χ0n) is 6.02. The molecule has 0 amide bonds. The quantitative estimate of drug-likeness (QED) is 0.390. The van der Waals surface area contributed by atoms with Crippen molar-refractivity contribution < 1.29 is 161 Å². The van der Waals surface area contributed by atoms with Crippen LogP contribution in [0.15, 0.2) is 0 Å². The first-order valence-corrected chi connectivity index (χ1v) is 3.70. The summed E-state index contributed by atoms with van der Waals surface area (Å²) in [4.78, 5) is 0. The molecule has 0 saturated heterocycles. The number of hydrogen-bond acceptors (Lipinski definition) is 8. The van der Waals surface area contributed by atoms with E-state index in [-0.39, 0.29) is 103 Å². The molecule has 0 unspecified atom stereocenters. The number of hydrogen-bond donors (Lipinski definition) is 0. The Morgan fingerprint density at radius 1 is 0.417 bits per heavy atom. The van der Waals surface area contributed by atoms with E-state index in [0.717, 1.165) is 0 Å². The van der Waals surface area contributed by atoms with Crippen molar-refractivity contribution in [1.29, 1.82) is 0 Å². The molecule has 0 aromatic heterocycles. The molecule has 12 heavy (non-hydrogen) atoms. The van der Waals surface area contributed by atoms with Gasteiger partial charge in [-0.3, -0.25) is 0 Å². The van der Waals surface area contributed by atoms with Crippen molar-refractivity contribution in [3.8, 4) is 0 Å². The first-order valence-electron chi connectivity index (χ1n) is 1.23. The molecule has 0 aliphatic carbocycles. The van der Waals surface area contributed by atoms with Crippen molar-refractivity contribution in [1.82, 2.24) is 0 Å². The van der Waals surface area contributed by atoms with Crippen LogP contribution < -0.4 is 140 Å². The van der Waals surface area contributed by atoms with Gasteiger partial charge in [0.15, 0.2) is 0 Å². The Hall–Kier alpha value is 3.53. The predicted molar refractivity (Wildman–Crippen MR) is 0 cm³/mol. The summed E-state index contributed by atoms with van der Waals surface area (Å²) < 4.78 is 67.9. The molecule has 0 rings (SSSR count). The van der Waals surface area contributed by atoms with Gasteiger partial charge in [0.05, 0.1) is 0 Å². The Bertz CT molecular complexity index is 58.0. The van der Waals surface area contributed by atoms with E-state index in [1.807, 2.05) is 0 Å². The molecule has 0 aliphatic rings. The molecule has 0 saturated carbocycles. The second-order valence-electron chi connectivity index (χ2n) is 0.756. The fourth-order valence-corrected chi connectivity index (χ4v) is 0. The monoisotopic (exact) mass is 276 g/mol. The van der Waals surface area contributed by atoms with E-state index in [0.29, 0.717) is 0 Å². The number of rotatable bonds is 0. The van der Waals surface area contributed by atoms with Gasteiger partial charge in [0.2, 0.25) is 0 Å². The molecule has 0 atom stereocenters. The fraction of sp³-hybridized carbons (Fsp3) is 0. The average Bonchev–Trinajstić information content (AvgIpc) is 1.12. The number of halogens is 2. The third kappa shape index (κ3) is 170. The van der Waals surface area contributed by atoms with E-state index in [4.69, 9.17) is 37.3 Å². The molecule has 12 heteroatoms. The van der Waals surface area contributed by atoms with Gasteiger partial charge in [0.25, 0.3) is 0 Å². The normalized spacial score (nSPS) is 10.0. The smallest absolute Gasteiger partial charge is 0.222 e. The van der Waals surface area contributed by atoms with Gasteiger partial charge in [0, 0.05) is 0 Å². The molecule has 8 nitrogen and oxygen atoms in total. The Morgan fingerprint density at radius 3 is 0.417 bits per heavy atom. The maximum absolute atomic E-state index is 8.49. The molecule has 64 valence electrons. The molecule has 0 heterocycles. The summed E-state index contributed by atoms with van der Waals surface area (Å²) >= 11 is 0. The molecule has 0 aromatic carbocycles. The summed E-state index contributed by atoms with van der Waals surface area (Å²) in [6.45, 7) is 0.